The van der Waals surface area contributed by atoms with Gasteiger partial charge in [0.05, 0.1) is 4.90 Å². The van der Waals surface area contributed by atoms with Crippen LogP contribution in [0, 0.1) is 13.8 Å². The molecular formula is C25H24N4O4S. The first-order valence-corrected chi connectivity index (χ1v) is 12.0. The summed E-state index contributed by atoms with van der Waals surface area (Å²) in [5.74, 6) is -0.196. The summed E-state index contributed by atoms with van der Waals surface area (Å²) in [6.07, 6.45) is 0. The van der Waals surface area contributed by atoms with Crippen LogP contribution in [-0.4, -0.2) is 35.9 Å². The van der Waals surface area contributed by atoms with Crippen LogP contribution in [-0.2, 0) is 16.6 Å². The highest BCUT2D eigenvalue weighted by Gasteiger charge is 2.21. The minimum Gasteiger partial charge on any atom is -0.403 e. The molecule has 1 amide bonds. The van der Waals surface area contributed by atoms with Crippen molar-refractivity contribution in [2.75, 3.05) is 12.4 Å². The Morgan fingerprint density at radius 2 is 1.65 bits per heavy atom. The molecule has 174 valence electrons. The first-order valence-electron chi connectivity index (χ1n) is 10.6. The lowest BCUT2D eigenvalue weighted by Crippen LogP contribution is -2.26. The molecule has 0 atom stereocenters. The molecular weight excluding hydrogens is 452 g/mol. The molecule has 0 radical (unpaired) electrons. The summed E-state index contributed by atoms with van der Waals surface area (Å²) >= 11 is 0. The highest BCUT2D eigenvalue weighted by Crippen LogP contribution is 2.23. The van der Waals surface area contributed by atoms with Crippen LogP contribution in [0.15, 0.2) is 82.1 Å². The van der Waals surface area contributed by atoms with E-state index in [1.54, 1.807) is 0 Å². The Bertz CT molecular complexity index is 1420. The van der Waals surface area contributed by atoms with Crippen molar-refractivity contribution in [2.24, 2.45) is 0 Å². The van der Waals surface area contributed by atoms with Gasteiger partial charge in [0.15, 0.2) is 0 Å². The van der Waals surface area contributed by atoms with Gasteiger partial charge in [-0.05, 0) is 66.9 Å². The maximum atomic E-state index is 12.9. The van der Waals surface area contributed by atoms with Gasteiger partial charge in [0.1, 0.15) is 0 Å². The highest BCUT2D eigenvalue weighted by atomic mass is 32.2. The number of anilines is 1. The Morgan fingerprint density at radius 1 is 0.941 bits per heavy atom. The van der Waals surface area contributed by atoms with Gasteiger partial charge >= 0.3 is 6.01 Å². The van der Waals surface area contributed by atoms with Gasteiger partial charge in [0, 0.05) is 24.7 Å². The van der Waals surface area contributed by atoms with E-state index >= 15 is 0 Å². The van der Waals surface area contributed by atoms with Gasteiger partial charge in [-0.2, -0.15) is 4.31 Å². The maximum Gasteiger partial charge on any atom is 0.322 e. The molecule has 4 rings (SSSR count). The van der Waals surface area contributed by atoms with Crippen LogP contribution >= 0.6 is 0 Å². The van der Waals surface area contributed by atoms with Gasteiger partial charge in [-0.25, -0.2) is 8.42 Å². The number of sulfonamides is 1. The molecule has 4 aromatic rings. The molecule has 0 aliphatic carbocycles. The summed E-state index contributed by atoms with van der Waals surface area (Å²) in [7, 11) is -2.19. The fourth-order valence-electron chi connectivity index (χ4n) is 3.32. The number of aromatic nitrogens is 2. The standard InChI is InChI=1S/C25H24N4O4S/c1-17-9-10-21(15-18(17)2)24-27-28-25(33-24)26-23(30)20-11-13-22(14-12-20)34(31,32)29(3)16-19-7-5-4-6-8-19/h4-15H,16H2,1-3H3,(H,26,28,30). The third-order valence-electron chi connectivity index (χ3n) is 5.47. The topological polar surface area (TPSA) is 105 Å². The third kappa shape index (κ3) is 5.05. The number of carbonyl (C=O) groups is 1. The lowest BCUT2D eigenvalue weighted by Gasteiger charge is -2.17. The van der Waals surface area contributed by atoms with E-state index in [1.165, 1.54) is 35.6 Å². The zero-order valence-electron chi connectivity index (χ0n) is 19.0. The lowest BCUT2D eigenvalue weighted by atomic mass is 10.1. The molecule has 0 saturated carbocycles. The second-order valence-electron chi connectivity index (χ2n) is 7.94. The van der Waals surface area contributed by atoms with Crippen LogP contribution in [0.3, 0.4) is 0 Å². The van der Waals surface area contributed by atoms with Gasteiger partial charge in [-0.1, -0.05) is 41.5 Å². The quantitative estimate of drug-likeness (QED) is 0.423. The van der Waals surface area contributed by atoms with Gasteiger partial charge in [-0.3, -0.25) is 10.1 Å². The summed E-state index contributed by atoms with van der Waals surface area (Å²) in [5, 5.41) is 10.4. The van der Waals surface area contributed by atoms with Crippen molar-refractivity contribution >= 4 is 21.9 Å². The number of carbonyl (C=O) groups excluding carboxylic acids is 1. The number of hydrogen-bond donors (Lipinski definition) is 1. The van der Waals surface area contributed by atoms with Crippen molar-refractivity contribution in [3.8, 4) is 11.5 Å². The molecule has 1 heterocycles. The van der Waals surface area contributed by atoms with Crippen LogP contribution in [0.25, 0.3) is 11.5 Å². The zero-order chi connectivity index (χ0) is 24.3. The molecule has 8 nitrogen and oxygen atoms in total. The van der Waals surface area contributed by atoms with E-state index in [-0.39, 0.29) is 23.0 Å². The number of aryl methyl sites for hydroxylation is 2. The van der Waals surface area contributed by atoms with E-state index in [0.717, 1.165) is 22.3 Å². The van der Waals surface area contributed by atoms with Crippen LogP contribution in [0.1, 0.15) is 27.0 Å². The molecule has 0 unspecified atom stereocenters. The largest absolute Gasteiger partial charge is 0.403 e. The molecule has 0 saturated heterocycles. The summed E-state index contributed by atoms with van der Waals surface area (Å²) in [5.41, 5.74) is 4.13. The molecule has 3 aromatic carbocycles. The van der Waals surface area contributed by atoms with E-state index in [1.807, 2.05) is 62.4 Å². The van der Waals surface area contributed by atoms with E-state index in [9.17, 15) is 13.2 Å². The third-order valence-corrected chi connectivity index (χ3v) is 7.29. The molecule has 34 heavy (non-hydrogen) atoms. The van der Waals surface area contributed by atoms with Crippen LogP contribution < -0.4 is 5.32 Å². The first-order chi connectivity index (χ1) is 16.2. The van der Waals surface area contributed by atoms with Crippen molar-refractivity contribution in [3.05, 3.63) is 95.1 Å². The monoisotopic (exact) mass is 476 g/mol. The van der Waals surface area contributed by atoms with Crippen LogP contribution in [0.2, 0.25) is 0 Å². The fraction of sp³-hybridized carbons (Fsp3) is 0.160. The van der Waals surface area contributed by atoms with E-state index in [0.29, 0.717) is 5.89 Å². The van der Waals surface area contributed by atoms with Crippen molar-refractivity contribution in [3.63, 3.8) is 0 Å². The normalized spacial score (nSPS) is 11.5. The maximum absolute atomic E-state index is 12.9. The smallest absolute Gasteiger partial charge is 0.322 e. The van der Waals surface area contributed by atoms with Gasteiger partial charge in [-0.15, -0.1) is 5.10 Å². The Hall–Kier alpha value is -3.82. The fourth-order valence-corrected chi connectivity index (χ4v) is 4.48. The average Bonchev–Trinajstić information content (AvgIpc) is 3.30. The first kappa shape index (κ1) is 23.3. The zero-order valence-corrected chi connectivity index (χ0v) is 19.8. The SMILES string of the molecule is Cc1ccc(-c2nnc(NC(=O)c3ccc(S(=O)(=O)N(C)Cc4ccccc4)cc3)o2)cc1C. The summed E-state index contributed by atoms with van der Waals surface area (Å²) < 4.78 is 32.6. The number of nitrogens with zero attached hydrogens (tertiary/aromatic N) is 3. The van der Waals surface area contributed by atoms with Crippen molar-refractivity contribution in [2.45, 2.75) is 25.3 Å². The minimum absolute atomic E-state index is 0.0440. The highest BCUT2D eigenvalue weighted by molar-refractivity contribution is 7.89. The second-order valence-corrected chi connectivity index (χ2v) is 9.98. The number of amides is 1. The summed E-state index contributed by atoms with van der Waals surface area (Å²) in [6.45, 7) is 4.24. The second kappa shape index (κ2) is 9.58. The molecule has 1 aromatic heterocycles. The number of rotatable bonds is 7. The van der Waals surface area contributed by atoms with E-state index < -0.39 is 15.9 Å². The van der Waals surface area contributed by atoms with Crippen molar-refractivity contribution < 1.29 is 17.6 Å². The Balaban J connectivity index is 1.44. The van der Waals surface area contributed by atoms with Gasteiger partial charge in [0.2, 0.25) is 15.9 Å². The van der Waals surface area contributed by atoms with E-state index in [2.05, 4.69) is 15.5 Å². The summed E-state index contributed by atoms with van der Waals surface area (Å²) in [4.78, 5) is 12.7. The Kier molecular flexibility index (Phi) is 6.58. The van der Waals surface area contributed by atoms with Gasteiger partial charge < -0.3 is 4.42 Å². The molecule has 0 fully saturated rings. The minimum atomic E-state index is -3.71. The van der Waals surface area contributed by atoms with Crippen LogP contribution in [0.5, 0.6) is 0 Å². The van der Waals surface area contributed by atoms with Gasteiger partial charge in [0.25, 0.3) is 5.91 Å². The molecule has 0 aliphatic heterocycles. The average molecular weight is 477 g/mol. The predicted octanol–water partition coefficient (Wildman–Crippen LogP) is 4.43. The Morgan fingerprint density at radius 3 is 2.32 bits per heavy atom. The molecule has 9 heteroatoms. The molecule has 1 N–H and O–H groups in total. The summed E-state index contributed by atoms with van der Waals surface area (Å²) in [6, 6.07) is 20.7. The van der Waals surface area contributed by atoms with Crippen molar-refractivity contribution in [1.29, 1.82) is 0 Å². The van der Waals surface area contributed by atoms with Crippen molar-refractivity contribution in [1.82, 2.24) is 14.5 Å². The number of benzene rings is 3. The Labute approximate surface area is 198 Å². The number of hydrogen-bond acceptors (Lipinski definition) is 6. The molecule has 0 bridgehead atoms. The predicted molar refractivity (Wildman–Crippen MR) is 129 cm³/mol. The molecule has 0 aliphatic rings. The number of nitrogens with one attached hydrogen (secondary N) is 1. The van der Waals surface area contributed by atoms with E-state index in [4.69, 9.17) is 4.42 Å². The molecule has 0 spiro atoms. The van der Waals surface area contributed by atoms with Crippen LogP contribution in [0.4, 0.5) is 6.01 Å². The lowest BCUT2D eigenvalue weighted by molar-refractivity contribution is 0.102.